The van der Waals surface area contributed by atoms with Crippen LogP contribution in [0.3, 0.4) is 0 Å². The summed E-state index contributed by atoms with van der Waals surface area (Å²) in [6.45, 7) is 0.759. The Kier molecular flexibility index (Phi) is 5.59. The predicted octanol–water partition coefficient (Wildman–Crippen LogP) is 3.55. The van der Waals surface area contributed by atoms with Gasteiger partial charge in [0.15, 0.2) is 0 Å². The molecule has 0 bridgehead atoms. The second kappa shape index (κ2) is 7.30. The van der Waals surface area contributed by atoms with Gasteiger partial charge in [-0.15, -0.1) is 12.4 Å². The maximum absolute atomic E-state index is 12.7. The average Bonchev–Trinajstić information content (AvgIpc) is 2.55. The van der Waals surface area contributed by atoms with Crippen molar-refractivity contribution in [2.75, 3.05) is 14.1 Å². The SMILES string of the molecule is CN(C)Cc1cccc2cc(S(=O)(=O)c3ccccc3)cnc12.Cl. The minimum absolute atomic E-state index is 0. The molecular formula is C18H19ClN2O2S. The first-order chi connectivity index (χ1) is 11.0. The van der Waals surface area contributed by atoms with Crippen molar-refractivity contribution in [1.29, 1.82) is 0 Å². The Labute approximate surface area is 148 Å². The third-order valence-electron chi connectivity index (χ3n) is 3.62. The lowest BCUT2D eigenvalue weighted by atomic mass is 10.1. The van der Waals surface area contributed by atoms with Crippen LogP contribution in [0.1, 0.15) is 5.56 Å². The number of benzene rings is 2. The van der Waals surface area contributed by atoms with E-state index in [0.29, 0.717) is 0 Å². The van der Waals surface area contributed by atoms with E-state index < -0.39 is 9.84 Å². The lowest BCUT2D eigenvalue weighted by molar-refractivity contribution is 0.404. The Morgan fingerprint density at radius 2 is 1.67 bits per heavy atom. The largest absolute Gasteiger partial charge is 0.305 e. The summed E-state index contributed by atoms with van der Waals surface area (Å²) in [6, 6.07) is 16.0. The molecule has 0 amide bonds. The highest BCUT2D eigenvalue weighted by molar-refractivity contribution is 7.91. The number of halogens is 1. The lowest BCUT2D eigenvalue weighted by Gasteiger charge is -2.12. The fourth-order valence-corrected chi connectivity index (χ4v) is 3.82. The van der Waals surface area contributed by atoms with Gasteiger partial charge in [0.25, 0.3) is 0 Å². The van der Waals surface area contributed by atoms with Crippen molar-refractivity contribution in [3.8, 4) is 0 Å². The van der Waals surface area contributed by atoms with Crippen molar-refractivity contribution in [3.63, 3.8) is 0 Å². The zero-order valence-corrected chi connectivity index (χ0v) is 15.1. The first-order valence-electron chi connectivity index (χ1n) is 7.31. The van der Waals surface area contributed by atoms with E-state index in [1.54, 1.807) is 36.4 Å². The Hall–Kier alpha value is -1.95. The van der Waals surface area contributed by atoms with Crippen LogP contribution in [0.4, 0.5) is 0 Å². The van der Waals surface area contributed by atoms with Gasteiger partial charge in [-0.2, -0.15) is 0 Å². The van der Waals surface area contributed by atoms with E-state index in [-0.39, 0.29) is 22.2 Å². The summed E-state index contributed by atoms with van der Waals surface area (Å²) >= 11 is 0. The van der Waals surface area contributed by atoms with Gasteiger partial charge in [0, 0.05) is 18.1 Å². The van der Waals surface area contributed by atoms with E-state index in [1.807, 2.05) is 32.3 Å². The maximum Gasteiger partial charge on any atom is 0.208 e. The van der Waals surface area contributed by atoms with Gasteiger partial charge in [0.1, 0.15) is 0 Å². The summed E-state index contributed by atoms with van der Waals surface area (Å²) in [5.41, 5.74) is 1.92. The van der Waals surface area contributed by atoms with Crippen molar-refractivity contribution < 1.29 is 8.42 Å². The molecule has 24 heavy (non-hydrogen) atoms. The van der Waals surface area contributed by atoms with E-state index >= 15 is 0 Å². The Balaban J connectivity index is 0.00000208. The number of sulfone groups is 1. The topological polar surface area (TPSA) is 50.3 Å². The average molecular weight is 363 g/mol. The smallest absolute Gasteiger partial charge is 0.208 e. The number of hydrogen-bond donors (Lipinski definition) is 0. The summed E-state index contributed by atoms with van der Waals surface area (Å²) in [6.07, 6.45) is 1.45. The first-order valence-corrected chi connectivity index (χ1v) is 8.79. The van der Waals surface area contributed by atoms with Gasteiger partial charge in [-0.25, -0.2) is 8.42 Å². The van der Waals surface area contributed by atoms with Gasteiger partial charge in [-0.05, 0) is 37.9 Å². The Bertz CT molecular complexity index is 942. The molecule has 3 rings (SSSR count). The summed E-state index contributed by atoms with van der Waals surface area (Å²) in [4.78, 5) is 6.98. The number of fused-ring (bicyclic) bond motifs is 1. The second-order valence-electron chi connectivity index (χ2n) is 5.71. The molecule has 0 atom stereocenters. The molecule has 126 valence electrons. The van der Waals surface area contributed by atoms with E-state index in [2.05, 4.69) is 9.88 Å². The normalized spacial score (nSPS) is 11.5. The van der Waals surface area contributed by atoms with E-state index in [1.165, 1.54) is 6.20 Å². The summed E-state index contributed by atoms with van der Waals surface area (Å²) in [5, 5.41) is 0.835. The molecule has 0 radical (unpaired) electrons. The van der Waals surface area contributed by atoms with Gasteiger partial charge in [0.2, 0.25) is 9.84 Å². The molecule has 0 spiro atoms. The number of rotatable bonds is 4. The summed E-state index contributed by atoms with van der Waals surface area (Å²) in [5.74, 6) is 0. The predicted molar refractivity (Wildman–Crippen MR) is 98.3 cm³/mol. The fraction of sp³-hybridized carbons (Fsp3) is 0.167. The number of para-hydroxylation sites is 1. The van der Waals surface area contributed by atoms with Crippen LogP contribution in [0.2, 0.25) is 0 Å². The van der Waals surface area contributed by atoms with E-state index in [9.17, 15) is 8.42 Å². The minimum atomic E-state index is -3.54. The fourth-order valence-electron chi connectivity index (χ4n) is 2.55. The second-order valence-corrected chi connectivity index (χ2v) is 7.66. The van der Waals surface area contributed by atoms with Gasteiger partial charge in [-0.3, -0.25) is 4.98 Å². The monoisotopic (exact) mass is 362 g/mol. The summed E-state index contributed by atoms with van der Waals surface area (Å²) in [7, 11) is 0.447. The van der Waals surface area contributed by atoms with Crippen molar-refractivity contribution >= 4 is 33.1 Å². The van der Waals surface area contributed by atoms with Crippen LogP contribution >= 0.6 is 12.4 Å². The molecule has 3 aromatic rings. The molecule has 4 nitrogen and oxygen atoms in total. The van der Waals surface area contributed by atoms with Crippen LogP contribution in [-0.4, -0.2) is 32.4 Å². The number of hydrogen-bond acceptors (Lipinski definition) is 4. The Morgan fingerprint density at radius 1 is 0.958 bits per heavy atom. The van der Waals surface area contributed by atoms with Gasteiger partial charge in [0.05, 0.1) is 15.3 Å². The molecule has 0 unspecified atom stereocenters. The van der Waals surface area contributed by atoms with Crippen LogP contribution in [0.25, 0.3) is 10.9 Å². The van der Waals surface area contributed by atoms with E-state index in [4.69, 9.17) is 0 Å². The van der Waals surface area contributed by atoms with Crippen molar-refractivity contribution in [1.82, 2.24) is 9.88 Å². The molecule has 0 N–H and O–H groups in total. The lowest BCUT2D eigenvalue weighted by Crippen LogP contribution is -2.11. The zero-order chi connectivity index (χ0) is 16.4. The standard InChI is InChI=1S/C18H18N2O2S.ClH/c1-20(2)13-15-8-6-7-14-11-17(12-19-18(14)15)23(21,22)16-9-4-3-5-10-16;/h3-12H,13H2,1-2H3;1H. The molecule has 2 aromatic carbocycles. The van der Waals surface area contributed by atoms with Crippen LogP contribution < -0.4 is 0 Å². The van der Waals surface area contributed by atoms with Crippen LogP contribution in [-0.2, 0) is 16.4 Å². The molecule has 0 saturated carbocycles. The van der Waals surface area contributed by atoms with Crippen molar-refractivity contribution in [3.05, 3.63) is 66.4 Å². The molecule has 6 heteroatoms. The van der Waals surface area contributed by atoms with Crippen LogP contribution in [0, 0.1) is 0 Å². The van der Waals surface area contributed by atoms with Crippen molar-refractivity contribution in [2.45, 2.75) is 16.3 Å². The van der Waals surface area contributed by atoms with Crippen LogP contribution in [0.15, 0.2) is 70.6 Å². The molecule has 1 heterocycles. The minimum Gasteiger partial charge on any atom is -0.305 e. The molecule has 0 aliphatic heterocycles. The number of pyridine rings is 1. The number of aromatic nitrogens is 1. The highest BCUT2D eigenvalue weighted by Gasteiger charge is 2.18. The Morgan fingerprint density at radius 3 is 2.33 bits per heavy atom. The van der Waals surface area contributed by atoms with Gasteiger partial charge >= 0.3 is 0 Å². The third kappa shape index (κ3) is 3.59. The first kappa shape index (κ1) is 18.4. The summed E-state index contributed by atoms with van der Waals surface area (Å²) < 4.78 is 25.4. The molecule has 1 aromatic heterocycles. The third-order valence-corrected chi connectivity index (χ3v) is 5.36. The molecule has 0 aliphatic carbocycles. The molecule has 0 fully saturated rings. The molecule has 0 saturated heterocycles. The van der Waals surface area contributed by atoms with Crippen molar-refractivity contribution in [2.24, 2.45) is 0 Å². The highest BCUT2D eigenvalue weighted by atomic mass is 35.5. The number of nitrogens with zero attached hydrogens (tertiary/aromatic N) is 2. The van der Waals surface area contributed by atoms with Gasteiger partial charge < -0.3 is 4.90 Å². The van der Waals surface area contributed by atoms with E-state index in [0.717, 1.165) is 23.0 Å². The maximum atomic E-state index is 12.7. The zero-order valence-electron chi connectivity index (χ0n) is 13.5. The highest BCUT2D eigenvalue weighted by Crippen LogP contribution is 2.25. The molecular weight excluding hydrogens is 344 g/mol. The van der Waals surface area contributed by atoms with Crippen LogP contribution in [0.5, 0.6) is 0 Å². The molecule has 0 aliphatic rings. The van der Waals surface area contributed by atoms with Gasteiger partial charge in [-0.1, -0.05) is 36.4 Å². The quantitative estimate of drug-likeness (QED) is 0.712.